The van der Waals surface area contributed by atoms with Crippen LogP contribution in [-0.4, -0.2) is 18.4 Å². The largest absolute Gasteiger partial charge is 0.307 e. The van der Waals surface area contributed by atoms with Gasteiger partial charge in [0.1, 0.15) is 0 Å². The summed E-state index contributed by atoms with van der Waals surface area (Å²) >= 11 is 0. The molecule has 1 aromatic rings. The Morgan fingerprint density at radius 3 is 2.59 bits per heavy atom. The van der Waals surface area contributed by atoms with Crippen LogP contribution in [0.3, 0.4) is 0 Å². The van der Waals surface area contributed by atoms with E-state index >= 15 is 0 Å². The van der Waals surface area contributed by atoms with Crippen LogP contribution in [0, 0.1) is 11.8 Å². The minimum Gasteiger partial charge on any atom is -0.307 e. The maximum atomic E-state index is 12.7. The van der Waals surface area contributed by atoms with E-state index in [2.05, 4.69) is 5.32 Å². The molecule has 2 nitrogen and oxygen atoms in total. The lowest BCUT2D eigenvalue weighted by molar-refractivity contribution is 0.0781. The van der Waals surface area contributed by atoms with E-state index in [1.807, 2.05) is 37.4 Å². The molecule has 3 rings (SSSR count). The van der Waals surface area contributed by atoms with Crippen LogP contribution in [0.1, 0.15) is 36.0 Å². The molecule has 2 aliphatic carbocycles. The highest BCUT2D eigenvalue weighted by Crippen LogP contribution is 2.51. The lowest BCUT2D eigenvalue weighted by Gasteiger charge is -2.36. The Bertz CT molecular complexity index is 428. The molecule has 3 unspecified atom stereocenters. The summed E-state index contributed by atoms with van der Waals surface area (Å²) in [6, 6.07) is 9.73. The molecular weight excluding hydrogens is 210 g/mol. The number of hydrogen-bond acceptors (Lipinski definition) is 2. The van der Waals surface area contributed by atoms with Crippen molar-refractivity contribution in [3.8, 4) is 0 Å². The molecule has 0 aliphatic heterocycles. The molecule has 0 saturated heterocycles. The van der Waals surface area contributed by atoms with E-state index in [0.29, 0.717) is 11.7 Å². The molecule has 1 aromatic carbocycles. The minimum atomic E-state index is -0.274. The van der Waals surface area contributed by atoms with Gasteiger partial charge in [-0.05, 0) is 38.1 Å². The van der Waals surface area contributed by atoms with Crippen LogP contribution in [-0.2, 0) is 0 Å². The van der Waals surface area contributed by atoms with Crippen molar-refractivity contribution in [2.75, 3.05) is 7.05 Å². The van der Waals surface area contributed by atoms with Gasteiger partial charge in [-0.2, -0.15) is 0 Å². The van der Waals surface area contributed by atoms with Crippen LogP contribution in [0.2, 0.25) is 0 Å². The van der Waals surface area contributed by atoms with Gasteiger partial charge in [0.25, 0.3) is 0 Å². The van der Waals surface area contributed by atoms with Gasteiger partial charge in [0.05, 0.1) is 5.54 Å². The van der Waals surface area contributed by atoms with E-state index in [1.54, 1.807) is 0 Å². The number of ketones is 1. The Labute approximate surface area is 102 Å². The lowest BCUT2D eigenvalue weighted by atomic mass is 9.76. The van der Waals surface area contributed by atoms with Crippen LogP contribution in [0.4, 0.5) is 0 Å². The van der Waals surface area contributed by atoms with Crippen molar-refractivity contribution in [3.63, 3.8) is 0 Å². The van der Waals surface area contributed by atoms with E-state index in [-0.39, 0.29) is 5.54 Å². The van der Waals surface area contributed by atoms with Crippen molar-refractivity contribution >= 4 is 5.78 Å². The Morgan fingerprint density at radius 2 is 2.06 bits per heavy atom. The molecular formula is C15H19NO. The first kappa shape index (κ1) is 11.0. The molecule has 0 aromatic heterocycles. The van der Waals surface area contributed by atoms with Crippen LogP contribution in [0.15, 0.2) is 30.3 Å². The summed E-state index contributed by atoms with van der Waals surface area (Å²) in [5, 5.41) is 3.36. The predicted molar refractivity (Wildman–Crippen MR) is 68.0 cm³/mol. The first-order valence-corrected chi connectivity index (χ1v) is 6.55. The van der Waals surface area contributed by atoms with Gasteiger partial charge in [-0.15, -0.1) is 0 Å². The second-order valence-corrected chi connectivity index (χ2v) is 5.50. The van der Waals surface area contributed by atoms with E-state index in [0.717, 1.165) is 17.9 Å². The van der Waals surface area contributed by atoms with Gasteiger partial charge >= 0.3 is 0 Å². The second-order valence-electron chi connectivity index (χ2n) is 5.50. The quantitative estimate of drug-likeness (QED) is 0.807. The third-order valence-corrected chi connectivity index (χ3v) is 4.74. The number of nitrogens with one attached hydrogen (secondary N) is 1. The molecule has 0 radical (unpaired) electrons. The van der Waals surface area contributed by atoms with Gasteiger partial charge < -0.3 is 5.32 Å². The van der Waals surface area contributed by atoms with Crippen molar-refractivity contribution in [3.05, 3.63) is 35.9 Å². The molecule has 17 heavy (non-hydrogen) atoms. The van der Waals surface area contributed by atoms with Crippen molar-refractivity contribution in [1.82, 2.24) is 5.32 Å². The second kappa shape index (κ2) is 3.95. The SMILES string of the molecule is CNC1(C(=O)c2ccccc2)CC2CCC1C2. The summed E-state index contributed by atoms with van der Waals surface area (Å²) in [6.07, 6.45) is 4.79. The molecule has 0 heterocycles. The smallest absolute Gasteiger partial charge is 0.183 e. The van der Waals surface area contributed by atoms with Gasteiger partial charge in [0, 0.05) is 5.56 Å². The Kier molecular flexibility index (Phi) is 2.55. The first-order valence-electron chi connectivity index (χ1n) is 6.55. The van der Waals surface area contributed by atoms with Crippen molar-refractivity contribution in [1.29, 1.82) is 0 Å². The van der Waals surface area contributed by atoms with E-state index in [4.69, 9.17) is 0 Å². The third kappa shape index (κ3) is 1.54. The van der Waals surface area contributed by atoms with Crippen LogP contribution >= 0.6 is 0 Å². The standard InChI is InChI=1S/C15H19NO/c1-16-15(10-11-7-8-13(15)9-11)14(17)12-5-3-2-4-6-12/h2-6,11,13,16H,7-10H2,1H3. The molecule has 0 spiro atoms. The normalized spacial score (nSPS) is 35.1. The summed E-state index contributed by atoms with van der Waals surface area (Å²) in [4.78, 5) is 12.7. The molecule has 2 fully saturated rings. The fraction of sp³-hybridized carbons (Fsp3) is 0.533. The van der Waals surface area contributed by atoms with Gasteiger partial charge in [-0.1, -0.05) is 36.8 Å². The number of carbonyl (C=O) groups excluding carboxylic acids is 1. The van der Waals surface area contributed by atoms with Crippen LogP contribution in [0.25, 0.3) is 0 Å². The predicted octanol–water partition coefficient (Wildman–Crippen LogP) is 2.65. The number of rotatable bonds is 3. The monoisotopic (exact) mass is 229 g/mol. The number of carbonyl (C=O) groups is 1. The van der Waals surface area contributed by atoms with Crippen LogP contribution in [0.5, 0.6) is 0 Å². The van der Waals surface area contributed by atoms with Crippen molar-refractivity contribution in [2.45, 2.75) is 31.2 Å². The Morgan fingerprint density at radius 1 is 1.29 bits per heavy atom. The van der Waals surface area contributed by atoms with Gasteiger partial charge in [0.2, 0.25) is 0 Å². The maximum absolute atomic E-state index is 12.7. The maximum Gasteiger partial charge on any atom is 0.183 e. The Hall–Kier alpha value is -1.15. The molecule has 0 amide bonds. The summed E-state index contributed by atoms with van der Waals surface area (Å²) in [5.41, 5.74) is 0.582. The highest BCUT2D eigenvalue weighted by molar-refractivity contribution is 6.03. The molecule has 3 atom stereocenters. The molecule has 2 saturated carbocycles. The van der Waals surface area contributed by atoms with Gasteiger partial charge in [0.15, 0.2) is 5.78 Å². The molecule has 2 heteroatoms. The number of Topliss-reactive ketones (excluding diaryl/α,β-unsaturated/α-hetero) is 1. The summed E-state index contributed by atoms with van der Waals surface area (Å²) in [5.74, 6) is 1.61. The average molecular weight is 229 g/mol. The third-order valence-electron chi connectivity index (χ3n) is 4.74. The lowest BCUT2D eigenvalue weighted by Crippen LogP contribution is -2.54. The van der Waals surface area contributed by atoms with Gasteiger partial charge in [-0.25, -0.2) is 0 Å². The van der Waals surface area contributed by atoms with Gasteiger partial charge in [-0.3, -0.25) is 4.79 Å². The summed E-state index contributed by atoms with van der Waals surface area (Å²) < 4.78 is 0. The first-order chi connectivity index (χ1) is 8.26. The van der Waals surface area contributed by atoms with Crippen LogP contribution < -0.4 is 5.32 Å². The molecule has 90 valence electrons. The number of fused-ring (bicyclic) bond motifs is 2. The van der Waals surface area contributed by atoms with E-state index in [1.165, 1.54) is 19.3 Å². The molecule has 2 bridgehead atoms. The molecule has 2 aliphatic rings. The Balaban J connectivity index is 1.94. The summed E-state index contributed by atoms with van der Waals surface area (Å²) in [6.45, 7) is 0. The number of likely N-dealkylation sites (N-methyl/N-ethyl adjacent to an activating group) is 1. The zero-order chi connectivity index (χ0) is 11.9. The zero-order valence-corrected chi connectivity index (χ0v) is 10.3. The minimum absolute atomic E-state index is 0.274. The number of benzene rings is 1. The number of hydrogen-bond donors (Lipinski definition) is 1. The highest BCUT2D eigenvalue weighted by Gasteiger charge is 2.54. The topological polar surface area (TPSA) is 29.1 Å². The molecule has 1 N–H and O–H groups in total. The van der Waals surface area contributed by atoms with Crippen molar-refractivity contribution in [2.24, 2.45) is 11.8 Å². The average Bonchev–Trinajstić information content (AvgIpc) is 2.99. The highest BCUT2D eigenvalue weighted by atomic mass is 16.1. The zero-order valence-electron chi connectivity index (χ0n) is 10.3. The van der Waals surface area contributed by atoms with E-state index in [9.17, 15) is 4.79 Å². The summed E-state index contributed by atoms with van der Waals surface area (Å²) in [7, 11) is 1.95. The fourth-order valence-electron chi connectivity index (χ4n) is 3.87. The van der Waals surface area contributed by atoms with E-state index < -0.39 is 0 Å². The van der Waals surface area contributed by atoms with Crippen molar-refractivity contribution < 1.29 is 4.79 Å². The fourth-order valence-corrected chi connectivity index (χ4v) is 3.87.